The van der Waals surface area contributed by atoms with Gasteiger partial charge in [0, 0.05) is 11.4 Å². The van der Waals surface area contributed by atoms with Crippen molar-refractivity contribution in [2.45, 2.75) is 38.5 Å². The van der Waals surface area contributed by atoms with E-state index in [1.54, 1.807) is 25.6 Å². The number of amides is 1. The summed E-state index contributed by atoms with van der Waals surface area (Å²) in [6, 6.07) is 5.81. The van der Waals surface area contributed by atoms with Crippen LogP contribution in [-0.4, -0.2) is 26.7 Å². The Balaban J connectivity index is 1.64. The Kier molecular flexibility index (Phi) is 6.04. The van der Waals surface area contributed by atoms with Crippen molar-refractivity contribution in [1.29, 1.82) is 0 Å². The molecule has 2 aromatic rings. The van der Waals surface area contributed by atoms with Gasteiger partial charge in [0.15, 0.2) is 11.5 Å². The number of aryl methyl sites for hydroxylation is 1. The molecule has 0 radical (unpaired) electrons. The van der Waals surface area contributed by atoms with E-state index in [2.05, 4.69) is 5.32 Å². The number of methoxy groups -OCH3 is 2. The normalized spacial score (nSPS) is 13.6. The molecular weight excluding hydrogens is 348 g/mol. The van der Waals surface area contributed by atoms with E-state index in [1.807, 2.05) is 18.2 Å². The van der Waals surface area contributed by atoms with Gasteiger partial charge in [0.1, 0.15) is 0 Å². The molecule has 0 atom stereocenters. The first-order valence-corrected chi connectivity index (χ1v) is 9.84. The fourth-order valence-electron chi connectivity index (χ4n) is 3.46. The topological polar surface area (TPSA) is 73.6 Å². The number of hydrogen-bond acceptors (Lipinski definition) is 5. The van der Waals surface area contributed by atoms with Crippen LogP contribution in [0.1, 0.15) is 45.6 Å². The summed E-state index contributed by atoms with van der Waals surface area (Å²) < 4.78 is 10.6. The van der Waals surface area contributed by atoms with Crippen molar-refractivity contribution in [3.8, 4) is 11.5 Å². The van der Waals surface area contributed by atoms with Crippen molar-refractivity contribution < 1.29 is 14.3 Å². The summed E-state index contributed by atoms with van der Waals surface area (Å²) in [5.41, 5.74) is 9.12. The number of anilines is 1. The average molecular weight is 375 g/mol. The highest BCUT2D eigenvalue weighted by Gasteiger charge is 2.23. The summed E-state index contributed by atoms with van der Waals surface area (Å²) in [7, 11) is 3.24. The number of carbonyl (C=O) groups excluding carboxylic acids is 1. The van der Waals surface area contributed by atoms with Crippen molar-refractivity contribution in [2.24, 2.45) is 0 Å². The van der Waals surface area contributed by atoms with E-state index >= 15 is 0 Å². The van der Waals surface area contributed by atoms with E-state index < -0.39 is 0 Å². The molecule has 0 saturated heterocycles. The van der Waals surface area contributed by atoms with Gasteiger partial charge in [-0.05, 0) is 55.4 Å². The van der Waals surface area contributed by atoms with Crippen LogP contribution in [0.5, 0.6) is 11.5 Å². The van der Waals surface area contributed by atoms with Gasteiger partial charge in [-0.25, -0.2) is 0 Å². The second kappa shape index (κ2) is 8.45. The number of rotatable bonds is 6. The summed E-state index contributed by atoms with van der Waals surface area (Å²) in [4.78, 5) is 14.0. The van der Waals surface area contributed by atoms with Crippen molar-refractivity contribution in [3.63, 3.8) is 0 Å². The standard InChI is InChI=1S/C20H26N2O3S/c1-24-15-9-8-13(12-16(15)25-2)10-11-22-20(23)18-14-6-4-3-5-7-17(14)26-19(18)21/h8-9,12H,3-7,10-11,21H2,1-2H3,(H,22,23). The van der Waals surface area contributed by atoms with E-state index in [-0.39, 0.29) is 5.91 Å². The number of nitrogen functional groups attached to an aromatic ring is 1. The van der Waals surface area contributed by atoms with Crippen LogP contribution in [0.3, 0.4) is 0 Å². The highest BCUT2D eigenvalue weighted by molar-refractivity contribution is 7.16. The summed E-state index contributed by atoms with van der Waals surface area (Å²) in [5.74, 6) is 1.35. The van der Waals surface area contributed by atoms with Crippen molar-refractivity contribution >= 4 is 22.2 Å². The fourth-order valence-corrected chi connectivity index (χ4v) is 4.61. The number of hydrogen-bond donors (Lipinski definition) is 2. The zero-order valence-corrected chi connectivity index (χ0v) is 16.2. The predicted octanol–water partition coefficient (Wildman–Crippen LogP) is 3.59. The third-order valence-electron chi connectivity index (χ3n) is 4.82. The van der Waals surface area contributed by atoms with Crippen LogP contribution < -0.4 is 20.5 Å². The van der Waals surface area contributed by atoms with Gasteiger partial charge >= 0.3 is 0 Å². The number of carbonyl (C=O) groups is 1. The molecule has 1 aromatic heterocycles. The van der Waals surface area contributed by atoms with Crippen LogP contribution in [0.2, 0.25) is 0 Å². The molecule has 3 rings (SSSR count). The third kappa shape index (κ3) is 3.96. The molecule has 1 aliphatic carbocycles. The maximum absolute atomic E-state index is 12.7. The first-order valence-electron chi connectivity index (χ1n) is 9.03. The SMILES string of the molecule is COc1ccc(CCNC(=O)c2c(N)sc3c2CCCCC3)cc1OC. The van der Waals surface area contributed by atoms with Gasteiger partial charge < -0.3 is 20.5 Å². The Labute approximate surface area is 158 Å². The number of benzene rings is 1. The Morgan fingerprint density at radius 1 is 1.15 bits per heavy atom. The fraction of sp³-hybridized carbons (Fsp3) is 0.450. The van der Waals surface area contributed by atoms with Gasteiger partial charge in [-0.15, -0.1) is 11.3 Å². The maximum atomic E-state index is 12.7. The lowest BCUT2D eigenvalue weighted by molar-refractivity contribution is 0.0954. The van der Waals surface area contributed by atoms with E-state index in [0.29, 0.717) is 28.6 Å². The van der Waals surface area contributed by atoms with Crippen LogP contribution in [-0.2, 0) is 19.3 Å². The largest absolute Gasteiger partial charge is 0.493 e. The molecule has 0 unspecified atom stereocenters. The van der Waals surface area contributed by atoms with Crippen molar-refractivity contribution in [2.75, 3.05) is 26.5 Å². The summed E-state index contributed by atoms with van der Waals surface area (Å²) in [6.45, 7) is 0.554. The molecule has 3 N–H and O–H groups in total. The van der Waals surface area contributed by atoms with E-state index in [0.717, 1.165) is 31.2 Å². The van der Waals surface area contributed by atoms with Gasteiger partial charge in [-0.3, -0.25) is 4.79 Å². The molecule has 5 nitrogen and oxygen atoms in total. The van der Waals surface area contributed by atoms with Gasteiger partial charge in [0.25, 0.3) is 5.91 Å². The number of nitrogens with two attached hydrogens (primary N) is 1. The molecule has 1 aliphatic rings. The maximum Gasteiger partial charge on any atom is 0.254 e. The summed E-state index contributed by atoms with van der Waals surface area (Å²) in [6.07, 6.45) is 6.27. The summed E-state index contributed by atoms with van der Waals surface area (Å²) >= 11 is 1.58. The van der Waals surface area contributed by atoms with E-state index in [9.17, 15) is 4.79 Å². The number of ether oxygens (including phenoxy) is 2. The Morgan fingerprint density at radius 3 is 2.69 bits per heavy atom. The lowest BCUT2D eigenvalue weighted by Crippen LogP contribution is -2.27. The van der Waals surface area contributed by atoms with Crippen LogP contribution in [0.15, 0.2) is 18.2 Å². The molecule has 26 heavy (non-hydrogen) atoms. The minimum atomic E-state index is -0.0534. The molecule has 1 aromatic carbocycles. The van der Waals surface area contributed by atoms with Gasteiger partial charge in [-0.1, -0.05) is 12.5 Å². The zero-order valence-electron chi connectivity index (χ0n) is 15.4. The van der Waals surface area contributed by atoms with Crippen molar-refractivity contribution in [3.05, 3.63) is 39.8 Å². The Bertz CT molecular complexity index is 786. The molecule has 0 fully saturated rings. The van der Waals surface area contributed by atoms with Gasteiger partial charge in [-0.2, -0.15) is 0 Å². The molecule has 0 saturated carbocycles. The van der Waals surface area contributed by atoms with Crippen LogP contribution >= 0.6 is 11.3 Å². The van der Waals surface area contributed by atoms with E-state index in [4.69, 9.17) is 15.2 Å². The molecule has 140 valence electrons. The third-order valence-corrected chi connectivity index (χ3v) is 5.94. The molecule has 0 spiro atoms. The predicted molar refractivity (Wildman–Crippen MR) is 106 cm³/mol. The number of nitrogens with one attached hydrogen (secondary N) is 1. The van der Waals surface area contributed by atoms with Crippen LogP contribution in [0.25, 0.3) is 0 Å². The van der Waals surface area contributed by atoms with E-state index in [1.165, 1.54) is 23.3 Å². The number of fused-ring (bicyclic) bond motifs is 1. The molecule has 1 amide bonds. The first kappa shape index (κ1) is 18.6. The lowest BCUT2D eigenvalue weighted by Gasteiger charge is -2.11. The van der Waals surface area contributed by atoms with Crippen LogP contribution in [0.4, 0.5) is 5.00 Å². The minimum absolute atomic E-state index is 0.0534. The molecule has 0 bridgehead atoms. The highest BCUT2D eigenvalue weighted by Crippen LogP contribution is 2.35. The molecule has 0 aliphatic heterocycles. The van der Waals surface area contributed by atoms with Gasteiger partial charge in [0.2, 0.25) is 0 Å². The Hall–Kier alpha value is -2.21. The number of thiophene rings is 1. The molecule has 6 heteroatoms. The highest BCUT2D eigenvalue weighted by atomic mass is 32.1. The first-order chi connectivity index (χ1) is 12.6. The Morgan fingerprint density at radius 2 is 1.92 bits per heavy atom. The van der Waals surface area contributed by atoms with Crippen molar-refractivity contribution in [1.82, 2.24) is 5.32 Å². The zero-order chi connectivity index (χ0) is 18.5. The van der Waals surface area contributed by atoms with Crippen LogP contribution in [0, 0.1) is 0 Å². The monoisotopic (exact) mass is 374 g/mol. The minimum Gasteiger partial charge on any atom is -0.493 e. The quantitative estimate of drug-likeness (QED) is 0.758. The molecular formula is C20H26N2O3S. The summed E-state index contributed by atoms with van der Waals surface area (Å²) in [5, 5.41) is 3.68. The van der Waals surface area contributed by atoms with Gasteiger partial charge in [0.05, 0.1) is 24.8 Å². The lowest BCUT2D eigenvalue weighted by atomic mass is 10.0. The average Bonchev–Trinajstić information content (AvgIpc) is 2.80. The second-order valence-electron chi connectivity index (χ2n) is 6.50. The smallest absolute Gasteiger partial charge is 0.254 e. The molecule has 1 heterocycles. The second-order valence-corrected chi connectivity index (χ2v) is 7.64.